The van der Waals surface area contributed by atoms with E-state index in [0.717, 1.165) is 0 Å². The zero-order chi connectivity index (χ0) is 24.0. The zero-order valence-electron chi connectivity index (χ0n) is 18.8. The van der Waals surface area contributed by atoms with Crippen LogP contribution >= 0.6 is 7.75 Å². The summed E-state index contributed by atoms with van der Waals surface area (Å²) in [6, 6.07) is 4.77. The van der Waals surface area contributed by atoms with E-state index in [9.17, 15) is 14.6 Å². The molecule has 4 rings (SSSR count). The number of anilines is 1. The number of hydrogen-bond acceptors (Lipinski definition) is 10. The minimum Gasteiger partial charge on any atom is -0.462 e. The maximum Gasteiger partial charge on any atom is 0.406 e. The number of carbonyl (C=O) groups excluding carboxylic acids is 1. The second kappa shape index (κ2) is 8.66. The van der Waals surface area contributed by atoms with Crippen LogP contribution in [0.5, 0.6) is 0 Å². The highest BCUT2D eigenvalue weighted by Gasteiger charge is 2.59. The van der Waals surface area contributed by atoms with Crippen LogP contribution in [0.25, 0.3) is 5.52 Å². The quantitative estimate of drug-likeness (QED) is 0.476. The number of carbonyl (C=O) groups is 1. The van der Waals surface area contributed by atoms with E-state index in [2.05, 4.69) is 21.2 Å². The van der Waals surface area contributed by atoms with Gasteiger partial charge in [-0.3, -0.25) is 13.8 Å². The lowest BCUT2D eigenvalue weighted by Gasteiger charge is -2.28. The van der Waals surface area contributed by atoms with Gasteiger partial charge in [0.05, 0.1) is 24.5 Å². The Morgan fingerprint density at radius 2 is 2.21 bits per heavy atom. The maximum absolute atomic E-state index is 13.4. The average molecular weight is 478 g/mol. The van der Waals surface area contributed by atoms with Gasteiger partial charge in [-0.15, -0.1) is 0 Å². The van der Waals surface area contributed by atoms with E-state index in [1.54, 1.807) is 32.9 Å². The van der Waals surface area contributed by atoms with Crippen molar-refractivity contribution in [2.45, 2.75) is 64.1 Å². The largest absolute Gasteiger partial charge is 0.462 e. The first-order valence-electron chi connectivity index (χ1n) is 10.7. The first kappa shape index (κ1) is 23.6. The summed E-state index contributed by atoms with van der Waals surface area (Å²) in [4.78, 5) is 16.2. The number of nitrogens with zero attached hydrogens (tertiary/aromatic N) is 4. The van der Waals surface area contributed by atoms with E-state index in [4.69, 9.17) is 24.3 Å². The highest BCUT2D eigenvalue weighted by molar-refractivity contribution is 7.51. The minimum atomic E-state index is -3.91. The molecule has 178 valence electrons. The predicted octanol–water partition coefficient (Wildman–Crippen LogP) is 1.91. The Bertz CT molecular complexity index is 1150. The molecule has 0 amide bonds. The van der Waals surface area contributed by atoms with Gasteiger partial charge in [-0.1, -0.05) is 6.92 Å². The number of ether oxygens (including phenoxy) is 2. The Morgan fingerprint density at radius 3 is 2.91 bits per heavy atom. The number of nitriles is 1. The number of hydrogen-bond donors (Lipinski definition) is 2. The van der Waals surface area contributed by atoms with Crippen molar-refractivity contribution >= 4 is 25.1 Å². The van der Waals surface area contributed by atoms with E-state index in [1.807, 2.05) is 0 Å². The molecule has 0 spiro atoms. The molecule has 0 aromatic carbocycles. The van der Waals surface area contributed by atoms with Gasteiger partial charge in [-0.05, 0) is 32.9 Å². The third-order valence-electron chi connectivity index (χ3n) is 5.85. The van der Waals surface area contributed by atoms with Gasteiger partial charge in [-0.2, -0.15) is 10.4 Å². The number of nitrogens with two attached hydrogens (primary N) is 1. The molecule has 33 heavy (non-hydrogen) atoms. The summed E-state index contributed by atoms with van der Waals surface area (Å²) in [5.74, 6) is -0.867. The Balaban J connectivity index is 1.63. The summed E-state index contributed by atoms with van der Waals surface area (Å²) in [5.41, 5.74) is 5.51. The molecule has 6 atom stereocenters. The molecule has 0 radical (unpaired) electrons. The normalized spacial score (nSPS) is 32.8. The van der Waals surface area contributed by atoms with E-state index in [1.165, 1.54) is 17.8 Å². The van der Waals surface area contributed by atoms with Gasteiger partial charge in [0.15, 0.2) is 5.82 Å². The Hall–Kier alpha value is -2.55. The Morgan fingerprint density at radius 1 is 1.45 bits per heavy atom. The molecule has 2 aromatic rings. The molecule has 2 fully saturated rings. The van der Waals surface area contributed by atoms with Gasteiger partial charge in [0, 0.05) is 12.3 Å². The van der Waals surface area contributed by atoms with Gasteiger partial charge in [0.1, 0.15) is 30.1 Å². The second-order valence-corrected chi connectivity index (χ2v) is 10.2. The van der Waals surface area contributed by atoms with E-state index >= 15 is 0 Å². The van der Waals surface area contributed by atoms with Crippen molar-refractivity contribution in [2.24, 2.45) is 5.92 Å². The summed E-state index contributed by atoms with van der Waals surface area (Å²) in [6.07, 6.45) is 0.00470. The molecule has 2 aliphatic heterocycles. The van der Waals surface area contributed by atoms with Crippen LogP contribution in [0.3, 0.4) is 0 Å². The molecule has 2 saturated heterocycles. The van der Waals surface area contributed by atoms with Crippen LogP contribution in [-0.2, 0) is 33.5 Å². The van der Waals surface area contributed by atoms with Crippen molar-refractivity contribution in [3.05, 3.63) is 24.2 Å². The number of rotatable bonds is 5. The van der Waals surface area contributed by atoms with Gasteiger partial charge < -0.3 is 15.2 Å². The first-order valence-corrected chi connectivity index (χ1v) is 12.2. The summed E-state index contributed by atoms with van der Waals surface area (Å²) >= 11 is 0. The van der Waals surface area contributed by atoms with Crippen LogP contribution in [0.1, 0.15) is 39.8 Å². The fraction of sp³-hybridized carbons (Fsp3) is 0.600. The standard InChI is InChI=1S/C20H27N6O6P/c1-11(2)30-19(27)13(4)25-33(28)29-8-7-15-17(32-33)12(3)20(9-21,31-15)16-6-5-14-18(22)23-10-24-26(14)16/h5-6,10-13,15,17H,7-8H2,1-4H3,(H,25,28)(H2,22,23,24). The van der Waals surface area contributed by atoms with Gasteiger partial charge in [0.2, 0.25) is 5.60 Å². The third kappa shape index (κ3) is 4.11. The highest BCUT2D eigenvalue weighted by Crippen LogP contribution is 2.56. The summed E-state index contributed by atoms with van der Waals surface area (Å²) in [7, 11) is -3.91. The summed E-state index contributed by atoms with van der Waals surface area (Å²) < 4.78 is 37.8. The average Bonchev–Trinajstić information content (AvgIpc) is 3.24. The minimum absolute atomic E-state index is 0.0512. The van der Waals surface area contributed by atoms with E-state index in [-0.39, 0.29) is 18.5 Å². The molecule has 2 aliphatic rings. The van der Waals surface area contributed by atoms with Gasteiger partial charge in [-0.25, -0.2) is 19.2 Å². The van der Waals surface area contributed by atoms with E-state index in [0.29, 0.717) is 17.6 Å². The SMILES string of the molecule is CC(C)OC(=O)C(C)NP1(=O)OCCC2OC(C#N)(c3ccc4c(N)ncnn34)C(C)C2O1. The highest BCUT2D eigenvalue weighted by atomic mass is 31.2. The lowest BCUT2D eigenvalue weighted by molar-refractivity contribution is -0.149. The maximum atomic E-state index is 13.4. The first-order chi connectivity index (χ1) is 15.6. The zero-order valence-corrected chi connectivity index (χ0v) is 19.7. The van der Waals surface area contributed by atoms with Gasteiger partial charge in [0.25, 0.3) is 0 Å². The van der Waals surface area contributed by atoms with Crippen molar-refractivity contribution < 1.29 is 27.9 Å². The lowest BCUT2D eigenvalue weighted by atomic mass is 9.84. The fourth-order valence-electron chi connectivity index (χ4n) is 4.23. The third-order valence-corrected chi connectivity index (χ3v) is 7.59. The molecule has 0 bridgehead atoms. The fourth-order valence-corrected chi connectivity index (χ4v) is 5.99. The smallest absolute Gasteiger partial charge is 0.406 e. The van der Waals surface area contributed by atoms with Crippen molar-refractivity contribution in [2.75, 3.05) is 12.3 Å². The predicted molar refractivity (Wildman–Crippen MR) is 116 cm³/mol. The molecule has 4 heterocycles. The number of aromatic nitrogens is 3. The second-order valence-electron chi connectivity index (χ2n) is 8.48. The number of esters is 1. The number of nitrogens with one attached hydrogen (secondary N) is 1. The Labute approximate surface area is 190 Å². The monoisotopic (exact) mass is 478 g/mol. The number of nitrogen functional groups attached to an aromatic ring is 1. The number of fused-ring (bicyclic) bond motifs is 2. The Kier molecular flexibility index (Phi) is 6.20. The van der Waals surface area contributed by atoms with Crippen LogP contribution in [0.4, 0.5) is 5.82 Å². The molecular formula is C20H27N6O6P. The topological polar surface area (TPSA) is 163 Å². The van der Waals surface area contributed by atoms with Crippen LogP contribution < -0.4 is 10.8 Å². The molecule has 3 N–H and O–H groups in total. The van der Waals surface area contributed by atoms with E-state index < -0.39 is 43.5 Å². The van der Waals surface area contributed by atoms with Crippen LogP contribution in [0, 0.1) is 17.2 Å². The van der Waals surface area contributed by atoms with Crippen molar-refractivity contribution in [1.82, 2.24) is 19.7 Å². The van der Waals surface area contributed by atoms with Crippen molar-refractivity contribution in [3.8, 4) is 6.07 Å². The summed E-state index contributed by atoms with van der Waals surface area (Å²) in [6.45, 7) is 6.79. The molecule has 6 unspecified atom stereocenters. The molecule has 0 aliphatic carbocycles. The molecule has 2 aromatic heterocycles. The molecular weight excluding hydrogens is 451 g/mol. The van der Waals surface area contributed by atoms with Crippen molar-refractivity contribution in [1.29, 1.82) is 5.26 Å². The molecule has 0 saturated carbocycles. The summed E-state index contributed by atoms with van der Waals surface area (Å²) in [5, 5.41) is 17.1. The molecule has 13 heteroatoms. The lowest BCUT2D eigenvalue weighted by Crippen LogP contribution is -2.38. The van der Waals surface area contributed by atoms with Gasteiger partial charge >= 0.3 is 13.7 Å². The van der Waals surface area contributed by atoms with Crippen LogP contribution in [0.15, 0.2) is 18.5 Å². The van der Waals surface area contributed by atoms with Crippen LogP contribution in [0.2, 0.25) is 0 Å². The molecule has 12 nitrogen and oxygen atoms in total. The van der Waals surface area contributed by atoms with Crippen molar-refractivity contribution in [3.63, 3.8) is 0 Å². The van der Waals surface area contributed by atoms with Crippen LogP contribution in [-0.4, -0.2) is 51.5 Å².